The van der Waals surface area contributed by atoms with Crippen molar-refractivity contribution < 1.29 is 4.74 Å². The molecular formula is C13H12ClNO. The standard InChI is InChI=1S/C13H12ClNO/c1-9-4-2-7-12(15)13(9)16-11-6-3-5-10(14)8-11/h2-8H,15H2,1H3. The Morgan fingerprint density at radius 1 is 1.12 bits per heavy atom. The average Bonchev–Trinajstić information content (AvgIpc) is 2.24. The van der Waals surface area contributed by atoms with Crippen LogP contribution in [-0.2, 0) is 0 Å². The van der Waals surface area contributed by atoms with E-state index in [2.05, 4.69) is 0 Å². The summed E-state index contributed by atoms with van der Waals surface area (Å²) in [6.07, 6.45) is 0. The van der Waals surface area contributed by atoms with Crippen LogP contribution in [0, 0.1) is 6.92 Å². The average molecular weight is 234 g/mol. The molecule has 0 saturated carbocycles. The molecule has 0 aliphatic heterocycles. The molecule has 0 aliphatic carbocycles. The van der Waals surface area contributed by atoms with Gasteiger partial charge in [0.1, 0.15) is 5.75 Å². The molecule has 2 aromatic rings. The highest BCUT2D eigenvalue weighted by Crippen LogP contribution is 2.31. The number of rotatable bonds is 2. The molecule has 0 aromatic heterocycles. The van der Waals surface area contributed by atoms with Gasteiger partial charge >= 0.3 is 0 Å². The molecular weight excluding hydrogens is 222 g/mol. The molecule has 0 unspecified atom stereocenters. The second-order valence-electron chi connectivity index (χ2n) is 3.55. The van der Waals surface area contributed by atoms with Crippen LogP contribution < -0.4 is 10.5 Å². The normalized spacial score (nSPS) is 10.1. The minimum absolute atomic E-state index is 0.625. The lowest BCUT2D eigenvalue weighted by molar-refractivity contribution is 0.481. The molecule has 0 atom stereocenters. The SMILES string of the molecule is Cc1cccc(N)c1Oc1cccc(Cl)c1. The number of aryl methyl sites for hydroxylation is 1. The smallest absolute Gasteiger partial charge is 0.153 e. The van der Waals surface area contributed by atoms with Crippen LogP contribution in [0.2, 0.25) is 5.02 Å². The zero-order valence-corrected chi connectivity index (χ0v) is 9.66. The summed E-state index contributed by atoms with van der Waals surface area (Å²) < 4.78 is 5.71. The van der Waals surface area contributed by atoms with E-state index in [1.165, 1.54) is 0 Å². The second kappa shape index (κ2) is 4.45. The molecule has 0 spiro atoms. The predicted octanol–water partition coefficient (Wildman–Crippen LogP) is 4.02. The van der Waals surface area contributed by atoms with Crippen LogP contribution in [0.4, 0.5) is 5.69 Å². The molecule has 16 heavy (non-hydrogen) atoms. The van der Waals surface area contributed by atoms with Gasteiger partial charge in [0.05, 0.1) is 5.69 Å². The number of nitrogen functional groups attached to an aromatic ring is 1. The third-order valence-electron chi connectivity index (χ3n) is 2.26. The molecule has 0 saturated heterocycles. The van der Waals surface area contributed by atoms with Gasteiger partial charge in [0.15, 0.2) is 5.75 Å². The van der Waals surface area contributed by atoms with Crippen molar-refractivity contribution in [3.63, 3.8) is 0 Å². The molecule has 0 fully saturated rings. The Bertz CT molecular complexity index is 491. The Morgan fingerprint density at radius 2 is 1.88 bits per heavy atom. The number of nitrogens with two attached hydrogens (primary N) is 1. The Hall–Kier alpha value is -1.67. The van der Waals surface area contributed by atoms with Crippen molar-refractivity contribution >= 4 is 17.3 Å². The fourth-order valence-corrected chi connectivity index (χ4v) is 1.64. The summed E-state index contributed by atoms with van der Waals surface area (Å²) in [6, 6.07) is 12.9. The predicted molar refractivity (Wildman–Crippen MR) is 67.1 cm³/mol. The summed E-state index contributed by atoms with van der Waals surface area (Å²) in [5.41, 5.74) is 7.47. The lowest BCUT2D eigenvalue weighted by Crippen LogP contribution is -1.94. The van der Waals surface area contributed by atoms with Gasteiger partial charge in [-0.2, -0.15) is 0 Å². The van der Waals surface area contributed by atoms with E-state index in [-0.39, 0.29) is 0 Å². The molecule has 2 N–H and O–H groups in total. The summed E-state index contributed by atoms with van der Waals surface area (Å²) in [5, 5.41) is 0.643. The third-order valence-corrected chi connectivity index (χ3v) is 2.49. The highest BCUT2D eigenvalue weighted by molar-refractivity contribution is 6.30. The first-order chi connectivity index (χ1) is 7.66. The maximum atomic E-state index is 5.88. The van der Waals surface area contributed by atoms with Crippen molar-refractivity contribution in [3.05, 3.63) is 53.1 Å². The van der Waals surface area contributed by atoms with Crippen LogP contribution >= 0.6 is 11.6 Å². The lowest BCUT2D eigenvalue weighted by Gasteiger charge is -2.11. The van der Waals surface area contributed by atoms with Crippen LogP contribution in [0.15, 0.2) is 42.5 Å². The minimum atomic E-state index is 0.625. The van der Waals surface area contributed by atoms with E-state index in [0.29, 0.717) is 22.2 Å². The van der Waals surface area contributed by atoms with E-state index < -0.39 is 0 Å². The highest BCUT2D eigenvalue weighted by atomic mass is 35.5. The molecule has 0 radical (unpaired) electrons. The van der Waals surface area contributed by atoms with E-state index >= 15 is 0 Å². The molecule has 0 amide bonds. The van der Waals surface area contributed by atoms with Crippen molar-refractivity contribution in [2.45, 2.75) is 6.92 Å². The monoisotopic (exact) mass is 233 g/mol. The topological polar surface area (TPSA) is 35.2 Å². The van der Waals surface area contributed by atoms with E-state index in [1.807, 2.05) is 37.3 Å². The molecule has 0 aliphatic rings. The third kappa shape index (κ3) is 2.28. The fraction of sp³-hybridized carbons (Fsp3) is 0.0769. The highest BCUT2D eigenvalue weighted by Gasteiger charge is 2.05. The number of ether oxygens (including phenoxy) is 1. The van der Waals surface area contributed by atoms with Gasteiger partial charge in [-0.05, 0) is 36.8 Å². The Kier molecular flexibility index (Phi) is 3.02. The summed E-state index contributed by atoms with van der Waals surface area (Å²) in [7, 11) is 0. The summed E-state index contributed by atoms with van der Waals surface area (Å²) in [6.45, 7) is 1.95. The van der Waals surface area contributed by atoms with Crippen LogP contribution in [-0.4, -0.2) is 0 Å². The van der Waals surface area contributed by atoms with E-state index in [1.54, 1.807) is 12.1 Å². The van der Waals surface area contributed by atoms with Gasteiger partial charge < -0.3 is 10.5 Å². The zero-order valence-electron chi connectivity index (χ0n) is 8.91. The first kappa shape index (κ1) is 10.8. The molecule has 2 aromatic carbocycles. The number of benzene rings is 2. The van der Waals surface area contributed by atoms with Gasteiger partial charge in [-0.15, -0.1) is 0 Å². The lowest BCUT2D eigenvalue weighted by atomic mass is 10.2. The maximum Gasteiger partial charge on any atom is 0.153 e. The molecule has 0 bridgehead atoms. The van der Waals surface area contributed by atoms with E-state index in [9.17, 15) is 0 Å². The van der Waals surface area contributed by atoms with Crippen LogP contribution in [0.1, 0.15) is 5.56 Å². The molecule has 3 heteroatoms. The number of halogens is 1. The number of anilines is 1. The van der Waals surface area contributed by atoms with Crippen molar-refractivity contribution in [3.8, 4) is 11.5 Å². The Balaban J connectivity index is 2.34. The van der Waals surface area contributed by atoms with Crippen LogP contribution in [0.3, 0.4) is 0 Å². The Labute approximate surface area is 99.6 Å². The summed E-state index contributed by atoms with van der Waals surface area (Å²) in [4.78, 5) is 0. The first-order valence-electron chi connectivity index (χ1n) is 4.95. The fourth-order valence-electron chi connectivity index (χ4n) is 1.46. The second-order valence-corrected chi connectivity index (χ2v) is 3.99. The quantitative estimate of drug-likeness (QED) is 0.795. The maximum absolute atomic E-state index is 5.88. The van der Waals surface area contributed by atoms with Crippen LogP contribution in [0.25, 0.3) is 0 Å². The summed E-state index contributed by atoms with van der Waals surface area (Å²) >= 11 is 5.88. The summed E-state index contributed by atoms with van der Waals surface area (Å²) in [5.74, 6) is 1.37. The van der Waals surface area contributed by atoms with Crippen LogP contribution in [0.5, 0.6) is 11.5 Å². The van der Waals surface area contributed by atoms with Gasteiger partial charge in [-0.25, -0.2) is 0 Å². The van der Waals surface area contributed by atoms with E-state index in [4.69, 9.17) is 22.1 Å². The number of para-hydroxylation sites is 1. The van der Waals surface area contributed by atoms with Crippen molar-refractivity contribution in [2.24, 2.45) is 0 Å². The van der Waals surface area contributed by atoms with Gasteiger partial charge in [0.25, 0.3) is 0 Å². The first-order valence-corrected chi connectivity index (χ1v) is 5.33. The van der Waals surface area contributed by atoms with Crippen molar-refractivity contribution in [1.29, 1.82) is 0 Å². The molecule has 2 nitrogen and oxygen atoms in total. The number of hydrogen-bond donors (Lipinski definition) is 1. The zero-order chi connectivity index (χ0) is 11.5. The molecule has 0 heterocycles. The van der Waals surface area contributed by atoms with Gasteiger partial charge in [0, 0.05) is 5.02 Å². The number of hydrogen-bond acceptors (Lipinski definition) is 2. The van der Waals surface area contributed by atoms with Crippen molar-refractivity contribution in [1.82, 2.24) is 0 Å². The Morgan fingerprint density at radius 3 is 2.56 bits per heavy atom. The van der Waals surface area contributed by atoms with Crippen molar-refractivity contribution in [2.75, 3.05) is 5.73 Å². The molecule has 2 rings (SSSR count). The van der Waals surface area contributed by atoms with E-state index in [0.717, 1.165) is 5.56 Å². The molecule has 82 valence electrons. The van der Waals surface area contributed by atoms with Gasteiger partial charge in [-0.3, -0.25) is 0 Å². The van der Waals surface area contributed by atoms with Gasteiger partial charge in [0.2, 0.25) is 0 Å². The largest absolute Gasteiger partial charge is 0.455 e. The van der Waals surface area contributed by atoms with Gasteiger partial charge in [-0.1, -0.05) is 29.8 Å². The minimum Gasteiger partial charge on any atom is -0.455 e.